The highest BCUT2D eigenvalue weighted by Crippen LogP contribution is 2.41. The number of carboxylic acid groups (broad SMARTS) is 1. The molecule has 10 nitrogen and oxygen atoms in total. The van der Waals surface area contributed by atoms with Crippen LogP contribution in [0.15, 0.2) is 18.3 Å². The minimum absolute atomic E-state index is 0.0170. The van der Waals surface area contributed by atoms with Gasteiger partial charge in [0.15, 0.2) is 28.9 Å². The number of alkyl halides is 3. The number of carbonyl (C=O) groups is 1. The fraction of sp³-hybridized carbons (Fsp3) is 0.586. The minimum atomic E-state index is -4.19. The summed E-state index contributed by atoms with van der Waals surface area (Å²) in [5.41, 5.74) is 2.48. The molecule has 0 aliphatic heterocycles. The third-order valence-corrected chi connectivity index (χ3v) is 8.71. The SMILES string of the molecule is CC(C)c1ccnc(-c2nc3nc(C(=N)NC(=O)O)nc(N[C@H](C)C4CCC4)c3n2C[C@H]2CC[C@H](C(F)(F)F)CC2)c1. The Labute approximate surface area is 242 Å². The lowest BCUT2D eigenvalue weighted by molar-refractivity contribution is -0.184. The van der Waals surface area contributed by atoms with Crippen LogP contribution in [0.1, 0.15) is 83.0 Å². The standard InChI is InChI=1S/C29H37F3N8O2/c1-15(2)19-11-12-34-21(13-19)27-39-25-22(40(27)14-17-7-9-20(10-8-17)29(30,31)32)24(35-16(3)18-5-4-6-18)37-26(38-25)23(33)36-28(41)42/h11-13,15-18,20H,4-10,14H2,1-3H3,(H2,33,36)(H,41,42)(H,35,37,38)/t16-,17-,20-/m1/s1. The zero-order valence-electron chi connectivity index (χ0n) is 24.0. The van der Waals surface area contributed by atoms with Crippen LogP contribution in [0, 0.1) is 23.2 Å². The van der Waals surface area contributed by atoms with Crippen molar-refractivity contribution < 1.29 is 23.1 Å². The highest BCUT2D eigenvalue weighted by atomic mass is 19.4. The van der Waals surface area contributed by atoms with Gasteiger partial charge in [-0.1, -0.05) is 20.3 Å². The molecule has 42 heavy (non-hydrogen) atoms. The summed E-state index contributed by atoms with van der Waals surface area (Å²) in [6, 6.07) is 3.93. The van der Waals surface area contributed by atoms with E-state index >= 15 is 0 Å². The predicted molar refractivity (Wildman–Crippen MR) is 153 cm³/mol. The van der Waals surface area contributed by atoms with Crippen LogP contribution in [-0.2, 0) is 6.54 Å². The largest absolute Gasteiger partial charge is 0.465 e. The number of hydrogen-bond donors (Lipinski definition) is 4. The molecule has 0 radical (unpaired) electrons. The van der Waals surface area contributed by atoms with Crippen LogP contribution in [0.25, 0.3) is 22.7 Å². The van der Waals surface area contributed by atoms with Crippen LogP contribution in [-0.4, -0.2) is 53.8 Å². The summed E-state index contributed by atoms with van der Waals surface area (Å²) >= 11 is 0. The van der Waals surface area contributed by atoms with Crippen molar-refractivity contribution in [3.05, 3.63) is 29.7 Å². The summed E-state index contributed by atoms with van der Waals surface area (Å²) < 4.78 is 42.1. The molecule has 2 saturated carbocycles. The van der Waals surface area contributed by atoms with Crippen molar-refractivity contribution in [3.8, 4) is 11.5 Å². The summed E-state index contributed by atoms with van der Waals surface area (Å²) in [6.45, 7) is 6.61. The average molecular weight is 587 g/mol. The van der Waals surface area contributed by atoms with Gasteiger partial charge in [-0.3, -0.25) is 15.7 Å². The number of amidine groups is 1. The highest BCUT2D eigenvalue weighted by Gasteiger charge is 2.41. The average Bonchev–Trinajstić information content (AvgIpc) is 3.25. The molecule has 1 atom stereocenters. The third kappa shape index (κ3) is 6.34. The van der Waals surface area contributed by atoms with Gasteiger partial charge in [-0.15, -0.1) is 0 Å². The summed E-state index contributed by atoms with van der Waals surface area (Å²) in [4.78, 5) is 29.7. The monoisotopic (exact) mass is 586 g/mol. The fourth-order valence-corrected chi connectivity index (χ4v) is 5.92. The first-order valence-electron chi connectivity index (χ1n) is 14.6. The molecule has 2 aliphatic rings. The zero-order chi connectivity index (χ0) is 30.2. The van der Waals surface area contributed by atoms with Crippen LogP contribution in [0.3, 0.4) is 0 Å². The van der Waals surface area contributed by atoms with E-state index in [2.05, 4.69) is 41.0 Å². The Morgan fingerprint density at radius 3 is 2.43 bits per heavy atom. The first kappa shape index (κ1) is 29.7. The Balaban J connectivity index is 1.62. The number of anilines is 1. The zero-order valence-corrected chi connectivity index (χ0v) is 24.0. The number of fused-ring (bicyclic) bond motifs is 1. The molecule has 4 N–H and O–H groups in total. The van der Waals surface area contributed by atoms with Crippen LogP contribution in [0.5, 0.6) is 0 Å². The number of halogens is 3. The van der Waals surface area contributed by atoms with Gasteiger partial charge < -0.3 is 15.0 Å². The van der Waals surface area contributed by atoms with Gasteiger partial charge in [-0.2, -0.15) is 13.2 Å². The van der Waals surface area contributed by atoms with Gasteiger partial charge >= 0.3 is 12.3 Å². The number of hydrogen-bond acceptors (Lipinski definition) is 7. The maximum absolute atomic E-state index is 13.4. The number of rotatable bonds is 8. The molecular weight excluding hydrogens is 549 g/mol. The molecule has 226 valence electrons. The second-order valence-corrected chi connectivity index (χ2v) is 11.9. The van der Waals surface area contributed by atoms with E-state index in [0.29, 0.717) is 48.2 Å². The highest BCUT2D eigenvalue weighted by molar-refractivity contribution is 6.03. The van der Waals surface area contributed by atoms with Gasteiger partial charge in [-0.25, -0.2) is 19.7 Å². The summed E-state index contributed by atoms with van der Waals surface area (Å²) in [5.74, 6) is -0.315. The molecule has 3 aromatic heterocycles. The molecule has 1 amide bonds. The topological polar surface area (TPSA) is 142 Å². The Kier molecular flexibility index (Phi) is 8.38. The van der Waals surface area contributed by atoms with E-state index in [4.69, 9.17) is 10.4 Å². The second kappa shape index (κ2) is 11.8. The maximum atomic E-state index is 13.4. The summed E-state index contributed by atoms with van der Waals surface area (Å²) in [6.07, 6.45) is 0.433. The maximum Gasteiger partial charge on any atom is 0.410 e. The Hall–Kier alpha value is -3.77. The van der Waals surface area contributed by atoms with Crippen molar-refractivity contribution in [2.75, 3.05) is 5.32 Å². The first-order chi connectivity index (χ1) is 19.9. The molecule has 5 rings (SSSR count). The van der Waals surface area contributed by atoms with Gasteiger partial charge in [0.2, 0.25) is 0 Å². The molecule has 13 heteroatoms. The van der Waals surface area contributed by atoms with Crippen molar-refractivity contribution in [3.63, 3.8) is 0 Å². The molecule has 0 unspecified atom stereocenters. The van der Waals surface area contributed by atoms with Gasteiger partial charge in [-0.05, 0) is 80.9 Å². The number of nitrogens with one attached hydrogen (secondary N) is 3. The molecule has 2 aliphatic carbocycles. The molecule has 0 spiro atoms. The minimum Gasteiger partial charge on any atom is -0.465 e. The summed E-state index contributed by atoms with van der Waals surface area (Å²) in [7, 11) is 0. The third-order valence-electron chi connectivity index (χ3n) is 8.71. The molecule has 3 aromatic rings. The van der Waals surface area contributed by atoms with Crippen LogP contribution in [0.4, 0.5) is 23.8 Å². The molecule has 0 aromatic carbocycles. The summed E-state index contributed by atoms with van der Waals surface area (Å²) in [5, 5.41) is 22.9. The van der Waals surface area contributed by atoms with Crippen molar-refractivity contribution in [2.24, 2.45) is 17.8 Å². The van der Waals surface area contributed by atoms with Crippen molar-refractivity contribution in [1.82, 2.24) is 29.8 Å². The van der Waals surface area contributed by atoms with Gasteiger partial charge in [0.05, 0.1) is 5.92 Å². The fourth-order valence-electron chi connectivity index (χ4n) is 5.92. The molecule has 3 heterocycles. The normalized spacial score (nSPS) is 20.4. The molecular formula is C29H37F3N8O2. The van der Waals surface area contributed by atoms with Crippen molar-refractivity contribution >= 4 is 28.9 Å². The predicted octanol–water partition coefficient (Wildman–Crippen LogP) is 6.57. The first-order valence-corrected chi connectivity index (χ1v) is 14.6. The van der Waals surface area contributed by atoms with Crippen molar-refractivity contribution in [1.29, 1.82) is 5.41 Å². The van der Waals surface area contributed by atoms with E-state index in [1.165, 1.54) is 0 Å². The lowest BCUT2D eigenvalue weighted by Crippen LogP contribution is -2.33. The number of amides is 1. The molecule has 2 fully saturated rings. The van der Waals surface area contributed by atoms with Crippen molar-refractivity contribution in [2.45, 2.75) is 90.4 Å². The Bertz CT molecular complexity index is 1460. The van der Waals surface area contributed by atoms with E-state index in [0.717, 1.165) is 24.8 Å². The lowest BCUT2D eigenvalue weighted by atomic mass is 9.80. The molecule has 0 bridgehead atoms. The number of nitrogens with zero attached hydrogens (tertiary/aromatic N) is 5. The van der Waals surface area contributed by atoms with Crippen LogP contribution >= 0.6 is 0 Å². The number of pyridine rings is 1. The van der Waals surface area contributed by atoms with Gasteiger partial charge in [0, 0.05) is 18.8 Å². The Morgan fingerprint density at radius 1 is 1.12 bits per heavy atom. The van der Waals surface area contributed by atoms with E-state index in [9.17, 15) is 23.1 Å². The van der Waals surface area contributed by atoms with Crippen LogP contribution in [0.2, 0.25) is 0 Å². The van der Waals surface area contributed by atoms with E-state index in [-0.39, 0.29) is 42.2 Å². The second-order valence-electron chi connectivity index (χ2n) is 11.9. The van der Waals surface area contributed by atoms with Crippen LogP contribution < -0.4 is 10.6 Å². The van der Waals surface area contributed by atoms with Gasteiger partial charge in [0.1, 0.15) is 11.2 Å². The van der Waals surface area contributed by atoms with E-state index < -0.39 is 24.0 Å². The quantitative estimate of drug-likeness (QED) is 0.173. The molecule has 0 saturated heterocycles. The number of aromatic nitrogens is 5. The number of imidazole rings is 1. The smallest absolute Gasteiger partial charge is 0.410 e. The van der Waals surface area contributed by atoms with E-state index in [1.807, 2.05) is 22.0 Å². The Morgan fingerprint density at radius 2 is 1.83 bits per heavy atom. The van der Waals surface area contributed by atoms with Gasteiger partial charge in [0.25, 0.3) is 0 Å². The van der Waals surface area contributed by atoms with E-state index in [1.54, 1.807) is 6.20 Å². The lowest BCUT2D eigenvalue weighted by Gasteiger charge is -2.32.